The number of hydrazone groups is 1. The average molecular weight is 469 g/mol. The first kappa shape index (κ1) is 20.7. The van der Waals surface area contributed by atoms with Crippen LogP contribution in [-0.4, -0.2) is 26.2 Å². The molecule has 0 unspecified atom stereocenters. The van der Waals surface area contributed by atoms with Gasteiger partial charge in [-0.3, -0.25) is 19.9 Å². The molecule has 0 aliphatic carbocycles. The molecule has 1 aromatic heterocycles. The lowest BCUT2D eigenvalue weighted by atomic mass is 10.1. The summed E-state index contributed by atoms with van der Waals surface area (Å²) < 4.78 is 0.421. The van der Waals surface area contributed by atoms with Crippen LogP contribution in [0.2, 0.25) is 0 Å². The van der Waals surface area contributed by atoms with Gasteiger partial charge in [0.25, 0.3) is 5.56 Å². The number of nitrogens with zero attached hydrogens (tertiary/aromatic N) is 4. The molecule has 150 valence electrons. The lowest BCUT2D eigenvalue weighted by Gasteiger charge is -2.07. The molecule has 11 heteroatoms. The molecule has 2 aromatic carbocycles. The molecule has 3 rings (SSSR count). The van der Waals surface area contributed by atoms with Crippen molar-refractivity contribution in [3.63, 3.8) is 0 Å². The van der Waals surface area contributed by atoms with Crippen LogP contribution in [-0.2, 0) is 0 Å². The van der Waals surface area contributed by atoms with Crippen LogP contribution in [0.1, 0.15) is 16.7 Å². The fraction of sp³-hybridized carbons (Fsp3) is 0.0526. The Morgan fingerprint density at radius 2 is 2.10 bits per heavy atom. The maximum Gasteiger partial charge on any atom is 0.315 e. The molecule has 3 N–H and O–H groups in total. The maximum atomic E-state index is 12.2. The van der Waals surface area contributed by atoms with Crippen molar-refractivity contribution in [3.05, 3.63) is 78.0 Å². The van der Waals surface area contributed by atoms with Gasteiger partial charge in [0.05, 0.1) is 16.8 Å². The Labute approximate surface area is 177 Å². The highest BCUT2D eigenvalue weighted by Gasteiger charge is 2.22. The van der Waals surface area contributed by atoms with Gasteiger partial charge in [0.1, 0.15) is 11.6 Å². The lowest BCUT2D eigenvalue weighted by molar-refractivity contribution is -0.386. The largest absolute Gasteiger partial charge is 0.502 e. The van der Waals surface area contributed by atoms with Crippen molar-refractivity contribution in [1.29, 1.82) is 5.26 Å². The summed E-state index contributed by atoms with van der Waals surface area (Å²) in [6.45, 7) is 1.50. The first-order valence-electron chi connectivity index (χ1n) is 8.38. The molecule has 0 aliphatic heterocycles. The third kappa shape index (κ3) is 4.03. The molecule has 0 fully saturated rings. The molecule has 0 bridgehead atoms. The van der Waals surface area contributed by atoms with Gasteiger partial charge in [0, 0.05) is 21.2 Å². The molecule has 30 heavy (non-hydrogen) atoms. The third-order valence-corrected chi connectivity index (χ3v) is 4.95. The first-order valence-corrected chi connectivity index (χ1v) is 9.18. The molecule has 10 nitrogen and oxygen atoms in total. The smallest absolute Gasteiger partial charge is 0.315 e. The van der Waals surface area contributed by atoms with Crippen LogP contribution in [0.3, 0.4) is 0 Å². The zero-order valence-electron chi connectivity index (χ0n) is 15.4. The van der Waals surface area contributed by atoms with Crippen LogP contribution in [0, 0.1) is 28.4 Å². The van der Waals surface area contributed by atoms with E-state index in [-0.39, 0.29) is 28.3 Å². The van der Waals surface area contributed by atoms with E-state index in [9.17, 15) is 25.3 Å². The number of nitrogens with one attached hydrogen (secondary N) is 2. The Morgan fingerprint density at radius 1 is 1.40 bits per heavy atom. The molecule has 0 aliphatic rings. The summed E-state index contributed by atoms with van der Waals surface area (Å²) in [5, 5.41) is 34.5. The minimum absolute atomic E-state index is 0.0470. The van der Waals surface area contributed by atoms with E-state index in [0.29, 0.717) is 10.0 Å². The first-order chi connectivity index (χ1) is 14.3. The van der Waals surface area contributed by atoms with Crippen molar-refractivity contribution < 1.29 is 10.0 Å². The van der Waals surface area contributed by atoms with Crippen LogP contribution in [0.4, 0.5) is 11.6 Å². The third-order valence-electron chi connectivity index (χ3n) is 4.13. The summed E-state index contributed by atoms with van der Waals surface area (Å²) >= 11 is 3.21. The number of hydrogen-bond acceptors (Lipinski definition) is 8. The number of phenolic OH excluding ortho intramolecular Hbond substituents is 1. The van der Waals surface area contributed by atoms with Gasteiger partial charge in [-0.25, -0.2) is 10.4 Å². The van der Waals surface area contributed by atoms with E-state index in [1.165, 1.54) is 13.0 Å². The van der Waals surface area contributed by atoms with Crippen LogP contribution in [0.15, 0.2) is 50.8 Å². The van der Waals surface area contributed by atoms with Gasteiger partial charge in [-0.2, -0.15) is 10.4 Å². The van der Waals surface area contributed by atoms with E-state index in [2.05, 4.69) is 36.4 Å². The van der Waals surface area contributed by atoms with Gasteiger partial charge in [-0.15, -0.1) is 0 Å². The van der Waals surface area contributed by atoms with Gasteiger partial charge in [0.2, 0.25) is 11.7 Å². The normalized spacial score (nSPS) is 10.7. The Morgan fingerprint density at radius 3 is 2.73 bits per heavy atom. The summed E-state index contributed by atoms with van der Waals surface area (Å²) in [4.78, 5) is 29.4. The quantitative estimate of drug-likeness (QED) is 0.293. The minimum atomic E-state index is -0.689. The van der Waals surface area contributed by atoms with E-state index in [1.807, 2.05) is 6.07 Å². The summed E-state index contributed by atoms with van der Waals surface area (Å²) in [5.41, 5.74) is 2.36. The number of hydrogen-bond donors (Lipinski definition) is 3. The number of H-pyrrole nitrogens is 1. The summed E-state index contributed by atoms with van der Waals surface area (Å²) in [6, 6.07) is 12.0. The second-order valence-corrected chi connectivity index (χ2v) is 6.87. The highest BCUT2D eigenvalue weighted by atomic mass is 79.9. The van der Waals surface area contributed by atoms with Gasteiger partial charge >= 0.3 is 5.69 Å². The number of aromatic hydroxyl groups is 1. The number of aromatic nitrogens is 2. The number of benzene rings is 2. The molecule has 3 aromatic rings. The van der Waals surface area contributed by atoms with E-state index in [0.717, 1.165) is 6.21 Å². The Bertz CT molecular complexity index is 1260. The highest BCUT2D eigenvalue weighted by molar-refractivity contribution is 9.10. The Hall–Kier alpha value is -4.04. The van der Waals surface area contributed by atoms with Gasteiger partial charge < -0.3 is 5.11 Å². The standard InChI is InChI=1S/C19H13BrN6O4/c1-10-14(20)7-12(17(27)16(10)26(29)30)9-22-25-19-23-15(11-5-3-2-4-6-11)13(8-21)18(28)24-19/h2-7,9,27H,1H3,(H2,23,24,25,28). The monoisotopic (exact) mass is 468 g/mol. The number of nitro groups is 1. The van der Waals surface area contributed by atoms with E-state index < -0.39 is 21.9 Å². The van der Waals surface area contributed by atoms with Crippen LogP contribution in [0.25, 0.3) is 11.3 Å². The second kappa shape index (κ2) is 8.54. The Balaban J connectivity index is 1.97. The fourth-order valence-corrected chi connectivity index (χ4v) is 3.09. The van der Waals surface area contributed by atoms with Crippen molar-refractivity contribution in [2.45, 2.75) is 6.92 Å². The number of anilines is 1. The van der Waals surface area contributed by atoms with Gasteiger partial charge in [0.15, 0.2) is 0 Å². The Kier molecular flexibility index (Phi) is 5.89. The number of phenols is 1. The molecule has 0 atom stereocenters. The number of halogens is 1. The summed E-state index contributed by atoms with van der Waals surface area (Å²) in [6.07, 6.45) is 1.15. The number of nitriles is 1. The maximum absolute atomic E-state index is 12.2. The zero-order chi connectivity index (χ0) is 21.8. The van der Waals surface area contributed by atoms with E-state index in [4.69, 9.17) is 0 Å². The SMILES string of the molecule is Cc1c(Br)cc(C=NNc2nc(-c3ccccc3)c(C#N)c(=O)[nH]2)c(O)c1[N+](=O)[O-]. The summed E-state index contributed by atoms with van der Waals surface area (Å²) in [5.74, 6) is -0.591. The number of rotatable bonds is 5. The molecule has 0 saturated heterocycles. The van der Waals surface area contributed by atoms with Crippen molar-refractivity contribution in [1.82, 2.24) is 9.97 Å². The fourth-order valence-electron chi connectivity index (χ4n) is 2.66. The van der Waals surface area contributed by atoms with Crippen molar-refractivity contribution in [2.24, 2.45) is 5.10 Å². The highest BCUT2D eigenvalue weighted by Crippen LogP contribution is 2.37. The molecule has 0 spiro atoms. The topological polar surface area (TPSA) is 157 Å². The van der Waals surface area contributed by atoms with Gasteiger partial charge in [-0.05, 0) is 13.0 Å². The molecular formula is C19H13BrN6O4. The van der Waals surface area contributed by atoms with Crippen LogP contribution >= 0.6 is 15.9 Å². The van der Waals surface area contributed by atoms with Crippen molar-refractivity contribution in [3.8, 4) is 23.1 Å². The van der Waals surface area contributed by atoms with Gasteiger partial charge in [-0.1, -0.05) is 46.3 Å². The molecule has 0 radical (unpaired) electrons. The second-order valence-electron chi connectivity index (χ2n) is 6.01. The number of nitro benzene ring substituents is 1. The summed E-state index contributed by atoms with van der Waals surface area (Å²) in [7, 11) is 0. The van der Waals surface area contributed by atoms with Crippen LogP contribution < -0.4 is 11.0 Å². The van der Waals surface area contributed by atoms with Crippen molar-refractivity contribution >= 4 is 33.8 Å². The predicted octanol–water partition coefficient (Wildman–Crippen LogP) is 3.44. The molecule has 0 saturated carbocycles. The minimum Gasteiger partial charge on any atom is -0.502 e. The molecular weight excluding hydrogens is 456 g/mol. The van der Waals surface area contributed by atoms with Crippen LogP contribution in [0.5, 0.6) is 5.75 Å². The van der Waals surface area contributed by atoms with E-state index >= 15 is 0 Å². The number of aromatic amines is 1. The molecule has 1 heterocycles. The van der Waals surface area contributed by atoms with Crippen molar-refractivity contribution in [2.75, 3.05) is 5.43 Å². The predicted molar refractivity (Wildman–Crippen MR) is 113 cm³/mol. The zero-order valence-corrected chi connectivity index (χ0v) is 17.0. The average Bonchev–Trinajstić information content (AvgIpc) is 2.72. The van der Waals surface area contributed by atoms with E-state index in [1.54, 1.807) is 30.3 Å². The lowest BCUT2D eigenvalue weighted by Crippen LogP contribution is -2.16. The molecule has 0 amide bonds.